The monoisotopic (exact) mass is 208 g/mol. The minimum atomic E-state index is -0.112. The second-order valence-corrected chi connectivity index (χ2v) is 5.49. The fourth-order valence-corrected chi connectivity index (χ4v) is 2.73. The van der Waals surface area contributed by atoms with Crippen LogP contribution in [0.25, 0.3) is 0 Å². The van der Waals surface area contributed by atoms with Gasteiger partial charge in [0.1, 0.15) is 0 Å². The minimum Gasteiger partial charge on any atom is -0.326 e. The van der Waals surface area contributed by atoms with Crippen molar-refractivity contribution >= 4 is 5.91 Å². The van der Waals surface area contributed by atoms with Crippen molar-refractivity contribution in [2.75, 3.05) is 6.54 Å². The van der Waals surface area contributed by atoms with E-state index in [1.54, 1.807) is 0 Å². The van der Waals surface area contributed by atoms with E-state index in [4.69, 9.17) is 0 Å². The van der Waals surface area contributed by atoms with Crippen LogP contribution >= 0.6 is 0 Å². The Bertz CT molecular complexity index is 281. The molecular formula is C12H20N2O. The van der Waals surface area contributed by atoms with E-state index in [0.29, 0.717) is 5.91 Å². The van der Waals surface area contributed by atoms with Gasteiger partial charge in [0.15, 0.2) is 0 Å². The van der Waals surface area contributed by atoms with E-state index in [9.17, 15) is 4.79 Å². The smallest absolute Gasteiger partial charge is 0.244 e. The summed E-state index contributed by atoms with van der Waals surface area (Å²) in [6, 6.07) is 0. The zero-order chi connectivity index (χ0) is 10.5. The molecule has 15 heavy (non-hydrogen) atoms. The number of hydrogen-bond donors (Lipinski definition) is 1. The maximum Gasteiger partial charge on any atom is 0.244 e. The normalized spacial score (nSPS) is 32.7. The van der Waals surface area contributed by atoms with Crippen molar-refractivity contribution in [3.8, 4) is 0 Å². The van der Waals surface area contributed by atoms with Gasteiger partial charge in [-0.15, -0.1) is 0 Å². The molecular weight excluding hydrogens is 188 g/mol. The lowest BCUT2D eigenvalue weighted by Gasteiger charge is -2.20. The molecule has 1 saturated heterocycles. The van der Waals surface area contributed by atoms with Gasteiger partial charge in [0, 0.05) is 6.54 Å². The number of nitrogens with zero attached hydrogens (tertiary/aromatic N) is 1. The Balaban J connectivity index is 1.53. The van der Waals surface area contributed by atoms with Gasteiger partial charge in [-0.2, -0.15) is 0 Å². The fourth-order valence-electron chi connectivity index (χ4n) is 2.73. The molecule has 1 aliphatic heterocycles. The summed E-state index contributed by atoms with van der Waals surface area (Å²) >= 11 is 0. The Labute approximate surface area is 91.2 Å². The standard InChI is InChI=1S/C12H20N2O/c1-9-13-12(6-7-12)11(15)14(9)8-2-3-10-4-5-10/h9-10,13H,2-8H2,1H3. The second-order valence-electron chi connectivity index (χ2n) is 5.49. The fraction of sp³-hybridized carbons (Fsp3) is 0.917. The minimum absolute atomic E-state index is 0.112. The zero-order valence-electron chi connectivity index (χ0n) is 9.46. The molecule has 0 aromatic rings. The Kier molecular flexibility index (Phi) is 2.06. The third-order valence-electron chi connectivity index (χ3n) is 4.08. The first-order valence-electron chi connectivity index (χ1n) is 6.30. The molecule has 0 aromatic heterocycles. The predicted molar refractivity (Wildman–Crippen MR) is 58.2 cm³/mol. The average molecular weight is 208 g/mol. The predicted octanol–water partition coefficient (Wildman–Crippen LogP) is 1.49. The molecule has 1 amide bonds. The van der Waals surface area contributed by atoms with Gasteiger partial charge in [-0.05, 0) is 38.5 Å². The molecule has 1 N–H and O–H groups in total. The molecule has 3 aliphatic rings. The summed E-state index contributed by atoms with van der Waals surface area (Å²) in [6.07, 6.45) is 7.73. The quantitative estimate of drug-likeness (QED) is 0.759. The van der Waals surface area contributed by atoms with E-state index in [0.717, 1.165) is 25.3 Å². The lowest BCUT2D eigenvalue weighted by atomic mass is 10.2. The Hall–Kier alpha value is -0.570. The molecule has 84 valence electrons. The van der Waals surface area contributed by atoms with E-state index in [1.165, 1.54) is 25.7 Å². The number of hydrogen-bond acceptors (Lipinski definition) is 2. The van der Waals surface area contributed by atoms with Crippen molar-refractivity contribution in [1.82, 2.24) is 10.2 Å². The SMILES string of the molecule is CC1NC2(CC2)C(=O)N1CCCC1CC1. The molecule has 3 rings (SSSR count). The van der Waals surface area contributed by atoms with E-state index in [2.05, 4.69) is 17.1 Å². The summed E-state index contributed by atoms with van der Waals surface area (Å²) in [5.74, 6) is 1.35. The van der Waals surface area contributed by atoms with Crippen LogP contribution in [-0.2, 0) is 4.79 Å². The van der Waals surface area contributed by atoms with Gasteiger partial charge in [0.2, 0.25) is 5.91 Å². The zero-order valence-corrected chi connectivity index (χ0v) is 9.46. The molecule has 0 bridgehead atoms. The highest BCUT2D eigenvalue weighted by Crippen LogP contribution is 2.42. The maximum absolute atomic E-state index is 12.1. The summed E-state index contributed by atoms with van der Waals surface area (Å²) in [5.41, 5.74) is -0.112. The second kappa shape index (κ2) is 3.21. The third kappa shape index (κ3) is 1.67. The van der Waals surface area contributed by atoms with Crippen molar-refractivity contribution in [2.24, 2.45) is 5.92 Å². The maximum atomic E-state index is 12.1. The van der Waals surface area contributed by atoms with Gasteiger partial charge in [-0.1, -0.05) is 12.8 Å². The molecule has 1 atom stereocenters. The van der Waals surface area contributed by atoms with E-state index < -0.39 is 0 Å². The first-order chi connectivity index (χ1) is 7.21. The number of carbonyl (C=O) groups excluding carboxylic acids is 1. The van der Waals surface area contributed by atoms with Crippen LogP contribution in [0.3, 0.4) is 0 Å². The Morgan fingerprint density at radius 1 is 1.47 bits per heavy atom. The first kappa shape index (κ1) is 9.64. The number of nitrogens with one attached hydrogen (secondary N) is 1. The van der Waals surface area contributed by atoms with Gasteiger partial charge < -0.3 is 4.90 Å². The Morgan fingerprint density at radius 2 is 2.20 bits per heavy atom. The summed E-state index contributed by atoms with van der Waals surface area (Å²) in [6.45, 7) is 3.08. The first-order valence-corrected chi connectivity index (χ1v) is 6.30. The molecule has 3 nitrogen and oxygen atoms in total. The largest absolute Gasteiger partial charge is 0.326 e. The number of carbonyl (C=O) groups is 1. The van der Waals surface area contributed by atoms with Crippen LogP contribution in [0.5, 0.6) is 0 Å². The lowest BCUT2D eigenvalue weighted by molar-refractivity contribution is -0.130. The molecule has 3 fully saturated rings. The van der Waals surface area contributed by atoms with Crippen molar-refractivity contribution in [1.29, 1.82) is 0 Å². The van der Waals surface area contributed by atoms with Gasteiger partial charge in [0.25, 0.3) is 0 Å². The van der Waals surface area contributed by atoms with Crippen molar-refractivity contribution in [3.05, 3.63) is 0 Å². The summed E-state index contributed by atoms with van der Waals surface area (Å²) in [5, 5.41) is 3.43. The molecule has 2 aliphatic carbocycles. The third-order valence-corrected chi connectivity index (χ3v) is 4.08. The van der Waals surface area contributed by atoms with Gasteiger partial charge in [0.05, 0.1) is 11.7 Å². The molecule has 1 heterocycles. The van der Waals surface area contributed by atoms with Crippen LogP contribution in [0.2, 0.25) is 0 Å². The van der Waals surface area contributed by atoms with Crippen LogP contribution in [0.1, 0.15) is 45.4 Å². The van der Waals surface area contributed by atoms with E-state index in [-0.39, 0.29) is 11.7 Å². The van der Waals surface area contributed by atoms with Gasteiger partial charge in [-0.3, -0.25) is 10.1 Å². The van der Waals surface area contributed by atoms with Gasteiger partial charge >= 0.3 is 0 Å². The van der Waals surface area contributed by atoms with Crippen LogP contribution in [0.4, 0.5) is 0 Å². The lowest BCUT2D eigenvalue weighted by Crippen LogP contribution is -2.35. The highest BCUT2D eigenvalue weighted by molar-refractivity contribution is 5.91. The van der Waals surface area contributed by atoms with E-state index >= 15 is 0 Å². The average Bonchev–Trinajstić information content (AvgIpc) is 3.05. The molecule has 2 saturated carbocycles. The molecule has 1 spiro atoms. The summed E-state index contributed by atoms with van der Waals surface area (Å²) in [7, 11) is 0. The van der Waals surface area contributed by atoms with Gasteiger partial charge in [-0.25, -0.2) is 0 Å². The topological polar surface area (TPSA) is 32.3 Å². The molecule has 3 heteroatoms. The van der Waals surface area contributed by atoms with Crippen molar-refractivity contribution < 1.29 is 4.79 Å². The van der Waals surface area contributed by atoms with Crippen LogP contribution in [-0.4, -0.2) is 29.1 Å². The van der Waals surface area contributed by atoms with Crippen LogP contribution in [0.15, 0.2) is 0 Å². The summed E-state index contributed by atoms with van der Waals surface area (Å²) < 4.78 is 0. The Morgan fingerprint density at radius 3 is 2.73 bits per heavy atom. The highest BCUT2D eigenvalue weighted by Gasteiger charge is 2.57. The molecule has 0 radical (unpaired) electrons. The molecule has 1 unspecified atom stereocenters. The van der Waals surface area contributed by atoms with Crippen LogP contribution < -0.4 is 5.32 Å². The van der Waals surface area contributed by atoms with Crippen molar-refractivity contribution in [3.63, 3.8) is 0 Å². The van der Waals surface area contributed by atoms with Crippen molar-refractivity contribution in [2.45, 2.75) is 57.2 Å². The van der Waals surface area contributed by atoms with Crippen LogP contribution in [0, 0.1) is 5.92 Å². The number of rotatable bonds is 4. The van der Waals surface area contributed by atoms with E-state index in [1.807, 2.05) is 0 Å². The number of amides is 1. The summed E-state index contributed by atoms with van der Waals surface area (Å²) in [4.78, 5) is 14.1. The highest BCUT2D eigenvalue weighted by atomic mass is 16.2. The molecule has 0 aromatic carbocycles.